The van der Waals surface area contributed by atoms with E-state index in [1.807, 2.05) is 24.3 Å². The minimum Gasteiger partial charge on any atom is -0.383 e. The minimum atomic E-state index is -0.550. The number of aliphatic hydroxyl groups is 1. The maximum atomic E-state index is 10.7. The monoisotopic (exact) mass is 296 g/mol. The predicted molar refractivity (Wildman–Crippen MR) is 87.7 cm³/mol. The van der Waals surface area contributed by atoms with Gasteiger partial charge in [0.15, 0.2) is 0 Å². The molecule has 1 unspecified atom stereocenters. The zero-order valence-corrected chi connectivity index (χ0v) is 12.2. The van der Waals surface area contributed by atoms with Gasteiger partial charge in [0.1, 0.15) is 6.10 Å². The lowest BCUT2D eigenvalue weighted by Crippen LogP contribution is -1.97. The molecule has 0 saturated heterocycles. The van der Waals surface area contributed by atoms with Crippen molar-refractivity contribution in [1.29, 1.82) is 0 Å². The van der Waals surface area contributed by atoms with Crippen LogP contribution in [0.2, 0.25) is 0 Å². The number of thiophene rings is 2. The van der Waals surface area contributed by atoms with Gasteiger partial charge in [-0.3, -0.25) is 0 Å². The molecule has 98 valence electrons. The van der Waals surface area contributed by atoms with Crippen molar-refractivity contribution < 1.29 is 5.11 Å². The van der Waals surface area contributed by atoms with E-state index < -0.39 is 6.10 Å². The molecule has 3 heteroatoms. The third-order valence-corrected chi connectivity index (χ3v) is 5.69. The van der Waals surface area contributed by atoms with E-state index in [2.05, 4.69) is 35.7 Å². The fraction of sp³-hybridized carbons (Fsp3) is 0.0588. The Morgan fingerprint density at radius 2 is 1.75 bits per heavy atom. The Labute approximate surface area is 124 Å². The lowest BCUT2D eigenvalue weighted by atomic mass is 10.00. The summed E-state index contributed by atoms with van der Waals surface area (Å²) in [6.07, 6.45) is -0.550. The van der Waals surface area contributed by atoms with Crippen LogP contribution < -0.4 is 0 Å². The first kappa shape index (κ1) is 12.1. The van der Waals surface area contributed by atoms with Gasteiger partial charge in [0, 0.05) is 14.3 Å². The molecule has 0 aliphatic carbocycles. The first-order valence-corrected chi connectivity index (χ1v) is 8.15. The molecule has 1 N–H and O–H groups in total. The standard InChI is InChI=1S/C17H12OS2/c18-17(16-10-15-14(20-16)8-9-19-15)13-7-3-5-11-4-1-2-6-12(11)13/h1-10,17-18H. The molecule has 1 nitrogen and oxygen atoms in total. The number of hydrogen-bond donors (Lipinski definition) is 1. The molecule has 0 aliphatic heterocycles. The smallest absolute Gasteiger partial charge is 0.114 e. The summed E-state index contributed by atoms with van der Waals surface area (Å²) in [5.41, 5.74) is 0.983. The van der Waals surface area contributed by atoms with E-state index in [0.29, 0.717) is 0 Å². The van der Waals surface area contributed by atoms with Crippen LogP contribution >= 0.6 is 22.7 Å². The Hall–Kier alpha value is -1.68. The molecule has 2 aromatic carbocycles. The maximum absolute atomic E-state index is 10.7. The van der Waals surface area contributed by atoms with Crippen molar-refractivity contribution in [2.75, 3.05) is 0 Å². The highest BCUT2D eigenvalue weighted by Gasteiger charge is 2.16. The topological polar surface area (TPSA) is 20.2 Å². The van der Waals surface area contributed by atoms with Gasteiger partial charge in [-0.05, 0) is 33.8 Å². The van der Waals surface area contributed by atoms with Gasteiger partial charge in [-0.2, -0.15) is 0 Å². The van der Waals surface area contributed by atoms with Gasteiger partial charge in [-0.1, -0.05) is 42.5 Å². The zero-order chi connectivity index (χ0) is 13.5. The van der Waals surface area contributed by atoms with Crippen LogP contribution in [-0.4, -0.2) is 5.11 Å². The zero-order valence-electron chi connectivity index (χ0n) is 10.6. The summed E-state index contributed by atoms with van der Waals surface area (Å²) in [6, 6.07) is 18.5. The molecular weight excluding hydrogens is 284 g/mol. The molecule has 20 heavy (non-hydrogen) atoms. The number of fused-ring (bicyclic) bond motifs is 2. The Kier molecular flexibility index (Phi) is 2.84. The Morgan fingerprint density at radius 3 is 2.65 bits per heavy atom. The lowest BCUT2D eigenvalue weighted by molar-refractivity contribution is 0.226. The highest BCUT2D eigenvalue weighted by Crippen LogP contribution is 2.37. The van der Waals surface area contributed by atoms with Gasteiger partial charge < -0.3 is 5.11 Å². The molecule has 0 amide bonds. The summed E-state index contributed by atoms with van der Waals surface area (Å²) in [5.74, 6) is 0. The average molecular weight is 296 g/mol. The first-order valence-electron chi connectivity index (χ1n) is 6.45. The number of hydrogen-bond acceptors (Lipinski definition) is 3. The molecule has 0 spiro atoms. The van der Waals surface area contributed by atoms with Crippen molar-refractivity contribution in [3.05, 3.63) is 70.4 Å². The number of aliphatic hydroxyl groups excluding tert-OH is 1. The van der Waals surface area contributed by atoms with Gasteiger partial charge >= 0.3 is 0 Å². The predicted octanol–water partition coefficient (Wildman–Crippen LogP) is 5.20. The van der Waals surface area contributed by atoms with E-state index in [1.165, 1.54) is 14.8 Å². The largest absolute Gasteiger partial charge is 0.383 e. The summed E-state index contributed by atoms with van der Waals surface area (Å²) in [6.45, 7) is 0. The third-order valence-electron chi connectivity index (χ3n) is 3.55. The van der Waals surface area contributed by atoms with Crippen molar-refractivity contribution in [2.45, 2.75) is 6.10 Å². The van der Waals surface area contributed by atoms with Crippen molar-refractivity contribution in [1.82, 2.24) is 0 Å². The van der Waals surface area contributed by atoms with Gasteiger partial charge in [0.05, 0.1) is 0 Å². The molecule has 0 radical (unpaired) electrons. The van der Waals surface area contributed by atoms with Crippen LogP contribution in [0.25, 0.3) is 20.2 Å². The summed E-state index contributed by atoms with van der Waals surface area (Å²) in [7, 11) is 0. The van der Waals surface area contributed by atoms with Crippen LogP contribution in [-0.2, 0) is 0 Å². The van der Waals surface area contributed by atoms with Gasteiger partial charge in [-0.25, -0.2) is 0 Å². The summed E-state index contributed by atoms with van der Waals surface area (Å²) >= 11 is 3.40. The van der Waals surface area contributed by atoms with Crippen LogP contribution in [0, 0.1) is 0 Å². The summed E-state index contributed by atoms with van der Waals surface area (Å²) < 4.78 is 2.51. The molecule has 4 aromatic rings. The Morgan fingerprint density at radius 1 is 0.900 bits per heavy atom. The fourth-order valence-electron chi connectivity index (χ4n) is 2.56. The molecule has 0 saturated carbocycles. The van der Waals surface area contributed by atoms with Gasteiger partial charge in [-0.15, -0.1) is 22.7 Å². The van der Waals surface area contributed by atoms with Crippen LogP contribution in [0.5, 0.6) is 0 Å². The van der Waals surface area contributed by atoms with Crippen molar-refractivity contribution in [2.24, 2.45) is 0 Å². The highest BCUT2D eigenvalue weighted by atomic mass is 32.1. The Balaban J connectivity index is 1.87. The molecule has 4 rings (SSSR count). The van der Waals surface area contributed by atoms with Crippen molar-refractivity contribution >= 4 is 42.8 Å². The Bertz CT molecular complexity index is 854. The highest BCUT2D eigenvalue weighted by molar-refractivity contribution is 7.26. The van der Waals surface area contributed by atoms with Crippen LogP contribution in [0.1, 0.15) is 16.5 Å². The third kappa shape index (κ3) is 1.86. The molecule has 0 bridgehead atoms. The first-order chi connectivity index (χ1) is 9.83. The molecule has 0 aliphatic rings. The second kappa shape index (κ2) is 4.70. The van der Waals surface area contributed by atoms with Crippen LogP contribution in [0.3, 0.4) is 0 Å². The molecule has 2 heterocycles. The molecule has 1 atom stereocenters. The number of benzene rings is 2. The van der Waals surface area contributed by atoms with E-state index in [0.717, 1.165) is 15.8 Å². The average Bonchev–Trinajstić information content (AvgIpc) is 3.07. The second-order valence-corrected chi connectivity index (χ2v) is 6.83. The van der Waals surface area contributed by atoms with E-state index in [9.17, 15) is 5.11 Å². The van der Waals surface area contributed by atoms with Crippen LogP contribution in [0.15, 0.2) is 60.0 Å². The van der Waals surface area contributed by atoms with Crippen molar-refractivity contribution in [3.63, 3.8) is 0 Å². The normalized spacial score (nSPS) is 13.1. The quantitative estimate of drug-likeness (QED) is 0.539. The second-order valence-electron chi connectivity index (χ2n) is 4.77. The fourth-order valence-corrected chi connectivity index (χ4v) is 4.69. The minimum absolute atomic E-state index is 0.550. The molecule has 0 fully saturated rings. The maximum Gasteiger partial charge on any atom is 0.114 e. The lowest BCUT2D eigenvalue weighted by Gasteiger charge is -2.12. The van der Waals surface area contributed by atoms with Crippen LogP contribution in [0.4, 0.5) is 0 Å². The molecular formula is C17H12OS2. The summed E-state index contributed by atoms with van der Waals surface area (Å²) in [5, 5.41) is 15.1. The van der Waals surface area contributed by atoms with Gasteiger partial charge in [0.2, 0.25) is 0 Å². The summed E-state index contributed by atoms with van der Waals surface area (Å²) in [4.78, 5) is 1.02. The van der Waals surface area contributed by atoms with E-state index >= 15 is 0 Å². The molecule has 2 aromatic heterocycles. The van der Waals surface area contributed by atoms with Gasteiger partial charge in [0.25, 0.3) is 0 Å². The SMILES string of the molecule is OC(c1cc2sccc2s1)c1cccc2ccccc12. The van der Waals surface area contributed by atoms with E-state index in [1.54, 1.807) is 22.7 Å². The number of rotatable bonds is 2. The van der Waals surface area contributed by atoms with E-state index in [-0.39, 0.29) is 0 Å². The van der Waals surface area contributed by atoms with E-state index in [4.69, 9.17) is 0 Å². The van der Waals surface area contributed by atoms with Crippen molar-refractivity contribution in [3.8, 4) is 0 Å².